The number of terminal acetylenes is 1. The van der Waals surface area contributed by atoms with Gasteiger partial charge in [0, 0.05) is 62.0 Å². The first-order chi connectivity index (χ1) is 34.9. The lowest BCUT2D eigenvalue weighted by atomic mass is 9.73. The van der Waals surface area contributed by atoms with Crippen LogP contribution in [0.4, 0.5) is 0 Å². The summed E-state index contributed by atoms with van der Waals surface area (Å²) in [4.78, 5) is 11.0. The van der Waals surface area contributed by atoms with E-state index in [2.05, 4.69) is 12.5 Å². The maximum atomic E-state index is 11.0. The van der Waals surface area contributed by atoms with E-state index in [1.54, 1.807) is 6.08 Å². The highest BCUT2D eigenvalue weighted by Crippen LogP contribution is 2.46. The summed E-state index contributed by atoms with van der Waals surface area (Å²) in [6.07, 6.45) is 11.9. The molecule has 5 unspecified atom stereocenters. The summed E-state index contributed by atoms with van der Waals surface area (Å²) in [5, 5.41) is 107. The number of nitrogens with zero attached hydrogens (tertiary/aromatic N) is 5. The van der Waals surface area contributed by atoms with Gasteiger partial charge >= 0.3 is 0 Å². The molecule has 5 aliphatic heterocycles. The molecule has 0 aliphatic carbocycles. The third-order valence-corrected chi connectivity index (χ3v) is 17.4. The number of ether oxygens (including phenoxy) is 1. The maximum Gasteiger partial charge on any atom is 0.246 e. The summed E-state index contributed by atoms with van der Waals surface area (Å²) in [6.45, 7) is 48.1. The molecule has 78 heavy (non-hydrogen) atoms. The number of aliphatic hydroxyl groups is 5. The van der Waals surface area contributed by atoms with Crippen molar-refractivity contribution in [3.05, 3.63) is 12.7 Å². The van der Waals surface area contributed by atoms with Crippen LogP contribution >= 0.6 is 0 Å². The minimum absolute atomic E-state index is 0.0587. The number of aliphatic hydroxyl groups excluding tert-OH is 5. The summed E-state index contributed by atoms with van der Waals surface area (Å²) in [5.41, 5.74) is 1.79. The number of carbonyl (C=O) groups excluding carboxylic acids is 1. The van der Waals surface area contributed by atoms with Crippen molar-refractivity contribution in [1.82, 2.24) is 25.3 Å². The first-order valence-corrected chi connectivity index (χ1v) is 28.7. The number of nitrogens with two attached hydrogens (primary N) is 1. The number of amides is 1. The minimum Gasteiger partial charge on any atom is -0.393 e. The van der Waals surface area contributed by atoms with Gasteiger partial charge in [0.25, 0.3) is 0 Å². The molecule has 5 heterocycles. The van der Waals surface area contributed by atoms with E-state index in [4.69, 9.17) is 16.9 Å². The lowest BCUT2D eigenvalue weighted by molar-refractivity contribution is -0.257. The molecule has 5 rings (SSSR count). The van der Waals surface area contributed by atoms with Crippen LogP contribution in [0.25, 0.3) is 0 Å². The molecule has 5 atom stereocenters. The lowest BCUT2D eigenvalue weighted by Gasteiger charge is -2.52. The Kier molecular flexibility index (Phi) is 26.3. The summed E-state index contributed by atoms with van der Waals surface area (Å²) < 4.78 is 5.29. The average molecular weight is 1120 g/mol. The second-order valence-corrected chi connectivity index (χ2v) is 29.9. The quantitative estimate of drug-likeness (QED) is 0.0682. The summed E-state index contributed by atoms with van der Waals surface area (Å²) in [5.74, 6) is 2.19. The van der Waals surface area contributed by atoms with Gasteiger partial charge in [0.15, 0.2) is 0 Å². The Labute approximate surface area is 473 Å². The molecule has 0 bridgehead atoms. The van der Waals surface area contributed by atoms with Gasteiger partial charge in [-0.2, -0.15) is 25.3 Å². The molecule has 0 aromatic heterocycles. The fourth-order valence-corrected chi connectivity index (χ4v) is 14.2. The molecular formula is C60H118N6O12. The molecule has 0 spiro atoms. The molecule has 5 fully saturated rings. The fourth-order valence-electron chi connectivity index (χ4n) is 14.2. The zero-order chi connectivity index (χ0) is 61.6. The van der Waals surface area contributed by atoms with Gasteiger partial charge in [0.05, 0.1) is 24.9 Å². The van der Waals surface area contributed by atoms with Crippen molar-refractivity contribution in [3.63, 3.8) is 0 Å². The maximum absolute atomic E-state index is 11.0. The van der Waals surface area contributed by atoms with Gasteiger partial charge in [-0.3, -0.25) is 4.79 Å². The molecule has 1 amide bonds. The molecule has 5 saturated heterocycles. The first-order valence-electron chi connectivity index (χ1n) is 28.7. The molecule has 5 aliphatic rings. The fraction of sp³-hybridized carbons (Fsp3) is 0.917. The molecule has 12 N–H and O–H groups in total. The van der Waals surface area contributed by atoms with Gasteiger partial charge in [-0.25, -0.2) is 0 Å². The van der Waals surface area contributed by atoms with Crippen LogP contribution in [0.1, 0.15) is 223 Å². The Hall–Kier alpha value is -1.87. The topological polar surface area (TPSA) is 271 Å². The standard InChI is InChI=1S/C13H27NO3.C12H25NO2.C12H23NO2.C12H21NO2.C11H22N2O3/c1-6-17-9-11(15)10-7-12(2,3)14(16)13(4,5)8-10;3*1-6-10(14)9-7-11(2,3)13(15)12(4,5)8-9;1-10(2)5-7(8(14)9(12)15)6-11(3,4)13(10)16/h10-11,15-16H,6-9H2,1-5H3;9-10,14-15H,6-8H2,1-5H3;6,9-10,14-15H,1,7-8H2,2-5H3;1,9-10,14-15H,7-8H2,2-5H3;7-8,14,16H,5-6H2,1-4H3,(H2,12,15). The summed E-state index contributed by atoms with van der Waals surface area (Å²) >= 11 is 0. The Morgan fingerprint density at radius 1 is 0.500 bits per heavy atom. The molecule has 0 aromatic carbocycles. The number of rotatable bonds is 11. The summed E-state index contributed by atoms with van der Waals surface area (Å²) in [7, 11) is 0. The molecular weight excluding hydrogens is 997 g/mol. The van der Waals surface area contributed by atoms with Crippen LogP contribution in [-0.4, -0.2) is 182 Å². The average Bonchev–Trinajstić information content (AvgIpc) is 3.30. The van der Waals surface area contributed by atoms with Crippen molar-refractivity contribution in [2.75, 3.05) is 13.2 Å². The zero-order valence-corrected chi connectivity index (χ0v) is 52.9. The van der Waals surface area contributed by atoms with E-state index in [9.17, 15) is 56.4 Å². The second kappa shape index (κ2) is 27.7. The van der Waals surface area contributed by atoms with Crippen LogP contribution in [0, 0.1) is 41.9 Å². The van der Waals surface area contributed by atoms with E-state index in [0.717, 1.165) is 44.9 Å². The monoisotopic (exact) mass is 1110 g/mol. The molecule has 460 valence electrons. The lowest BCUT2D eigenvalue weighted by Crippen LogP contribution is -2.61. The van der Waals surface area contributed by atoms with Crippen LogP contribution in [0.3, 0.4) is 0 Å². The van der Waals surface area contributed by atoms with Crippen molar-refractivity contribution in [1.29, 1.82) is 0 Å². The van der Waals surface area contributed by atoms with Crippen molar-refractivity contribution < 1.29 is 61.1 Å². The minimum atomic E-state index is -1.13. The smallest absolute Gasteiger partial charge is 0.246 e. The van der Waals surface area contributed by atoms with E-state index in [-0.39, 0.29) is 74.1 Å². The third kappa shape index (κ3) is 19.6. The van der Waals surface area contributed by atoms with Crippen LogP contribution in [0.15, 0.2) is 12.7 Å². The zero-order valence-electron chi connectivity index (χ0n) is 52.9. The molecule has 18 heteroatoms. The van der Waals surface area contributed by atoms with E-state index in [1.807, 2.05) is 152 Å². The van der Waals surface area contributed by atoms with Crippen molar-refractivity contribution in [3.8, 4) is 12.3 Å². The van der Waals surface area contributed by atoms with E-state index in [1.165, 1.54) is 25.3 Å². The van der Waals surface area contributed by atoms with Gasteiger partial charge in [-0.1, -0.05) is 18.9 Å². The van der Waals surface area contributed by atoms with Crippen LogP contribution in [0.2, 0.25) is 0 Å². The van der Waals surface area contributed by atoms with Gasteiger partial charge in [-0.05, 0) is 246 Å². The number of hydrogen-bond donors (Lipinski definition) is 11. The SMILES string of the molecule is C#CC(O)C1CC(C)(C)N(O)C(C)(C)C1.C=CC(O)C1CC(C)(C)N(O)C(C)(C)C1.CC1(C)CC(C(O)C(N)=O)CC(C)(C)N1O.CCC(O)C1CC(C)(C)N(O)C(C)(C)C1.CCOCC(O)C1CC(C)(C)N(O)C(C)(C)C1. The number of primary amides is 1. The molecule has 18 nitrogen and oxygen atoms in total. The highest BCUT2D eigenvalue weighted by molar-refractivity contribution is 5.78. The van der Waals surface area contributed by atoms with Crippen molar-refractivity contribution in [2.45, 2.75) is 309 Å². The Bertz CT molecular complexity index is 1830. The van der Waals surface area contributed by atoms with E-state index >= 15 is 0 Å². The Balaban J connectivity index is 0.000000488. The summed E-state index contributed by atoms with van der Waals surface area (Å²) in [6, 6.07) is 0. The Morgan fingerprint density at radius 3 is 0.974 bits per heavy atom. The highest BCUT2D eigenvalue weighted by Gasteiger charge is 2.51. The van der Waals surface area contributed by atoms with Gasteiger partial charge in [-0.15, -0.1) is 13.0 Å². The van der Waals surface area contributed by atoms with Crippen molar-refractivity contribution >= 4 is 5.91 Å². The van der Waals surface area contributed by atoms with Crippen LogP contribution in [0.5, 0.6) is 0 Å². The van der Waals surface area contributed by atoms with Gasteiger partial charge in [0.1, 0.15) is 12.2 Å². The van der Waals surface area contributed by atoms with E-state index in [0.29, 0.717) is 44.8 Å². The van der Waals surface area contributed by atoms with E-state index < -0.39 is 41.4 Å². The molecule has 0 aromatic rings. The number of hydrogen-bond acceptors (Lipinski definition) is 17. The predicted molar refractivity (Wildman–Crippen MR) is 308 cm³/mol. The van der Waals surface area contributed by atoms with Gasteiger partial charge in [0.2, 0.25) is 5.91 Å². The molecule has 0 saturated carbocycles. The van der Waals surface area contributed by atoms with Crippen LogP contribution < -0.4 is 5.73 Å². The Morgan fingerprint density at radius 2 is 0.744 bits per heavy atom. The number of hydroxylamine groups is 10. The number of piperidine rings is 5. The third-order valence-electron chi connectivity index (χ3n) is 17.4. The normalized spacial score (nSPS) is 28.1. The predicted octanol–water partition coefficient (Wildman–Crippen LogP) is 8.78. The first kappa shape index (κ1) is 74.1. The van der Waals surface area contributed by atoms with Crippen molar-refractivity contribution in [2.24, 2.45) is 35.3 Å². The highest BCUT2D eigenvalue weighted by atomic mass is 16.5. The second-order valence-electron chi connectivity index (χ2n) is 29.9. The van der Waals surface area contributed by atoms with Crippen LogP contribution in [-0.2, 0) is 9.53 Å². The largest absolute Gasteiger partial charge is 0.393 e. The molecule has 0 radical (unpaired) electrons. The van der Waals surface area contributed by atoms with Gasteiger partial charge < -0.3 is 62.0 Å². The number of carbonyl (C=O) groups is 1.